The molecule has 1 aliphatic rings. The summed E-state index contributed by atoms with van der Waals surface area (Å²) in [5.41, 5.74) is 4.05. The highest BCUT2D eigenvalue weighted by Gasteiger charge is 2.40. The molecular weight excluding hydrogens is 462 g/mol. The first-order valence-corrected chi connectivity index (χ1v) is 11.6. The maximum atomic E-state index is 13.5. The molecule has 1 aliphatic heterocycles. The van der Waals surface area contributed by atoms with Crippen LogP contribution in [-0.4, -0.2) is 44.0 Å². The SMILES string of the molecule is CCCN1C(=O)/C(=C\c2cc(C)n(-c3ccc(C(=O)O)cc3)c2C)C(=O)N(c2ccccc2)C1=S. The predicted octanol–water partition coefficient (Wildman–Crippen LogP) is 4.75. The predicted molar refractivity (Wildman–Crippen MR) is 139 cm³/mol. The summed E-state index contributed by atoms with van der Waals surface area (Å²) in [4.78, 5) is 41.0. The van der Waals surface area contributed by atoms with E-state index in [1.807, 2.05) is 49.6 Å². The van der Waals surface area contributed by atoms with Crippen molar-refractivity contribution in [2.45, 2.75) is 27.2 Å². The van der Waals surface area contributed by atoms with Crippen molar-refractivity contribution in [2.75, 3.05) is 11.4 Å². The van der Waals surface area contributed by atoms with E-state index in [0.717, 1.165) is 22.6 Å². The molecule has 0 spiro atoms. The van der Waals surface area contributed by atoms with E-state index in [-0.39, 0.29) is 16.2 Å². The van der Waals surface area contributed by atoms with Crippen molar-refractivity contribution in [1.29, 1.82) is 0 Å². The Labute approximate surface area is 208 Å². The van der Waals surface area contributed by atoms with Crippen LogP contribution < -0.4 is 4.90 Å². The molecule has 35 heavy (non-hydrogen) atoms. The summed E-state index contributed by atoms with van der Waals surface area (Å²) in [6.45, 7) is 6.16. The third kappa shape index (κ3) is 4.40. The highest BCUT2D eigenvalue weighted by molar-refractivity contribution is 7.80. The second-order valence-electron chi connectivity index (χ2n) is 8.29. The molecule has 1 aromatic heterocycles. The highest BCUT2D eigenvalue weighted by atomic mass is 32.1. The van der Waals surface area contributed by atoms with Gasteiger partial charge in [0.2, 0.25) is 0 Å². The van der Waals surface area contributed by atoms with Crippen molar-refractivity contribution in [2.24, 2.45) is 0 Å². The fraction of sp³-hybridized carbons (Fsp3) is 0.185. The summed E-state index contributed by atoms with van der Waals surface area (Å²) in [6.07, 6.45) is 2.31. The van der Waals surface area contributed by atoms with Crippen molar-refractivity contribution < 1.29 is 19.5 Å². The third-order valence-electron chi connectivity index (χ3n) is 5.94. The number of rotatable bonds is 6. The number of nitrogens with zero attached hydrogens (tertiary/aromatic N) is 3. The number of anilines is 1. The Balaban J connectivity index is 1.79. The summed E-state index contributed by atoms with van der Waals surface area (Å²) >= 11 is 5.55. The molecule has 1 fully saturated rings. The van der Waals surface area contributed by atoms with E-state index in [9.17, 15) is 19.5 Å². The molecule has 0 unspecified atom stereocenters. The number of hydrogen-bond acceptors (Lipinski definition) is 4. The normalized spacial score (nSPS) is 15.3. The number of para-hydroxylation sites is 1. The number of thiocarbonyl (C=S) groups is 1. The Bertz CT molecular complexity index is 1360. The number of amides is 2. The van der Waals surface area contributed by atoms with Gasteiger partial charge in [0, 0.05) is 23.6 Å². The lowest BCUT2D eigenvalue weighted by Gasteiger charge is -2.36. The van der Waals surface area contributed by atoms with E-state index < -0.39 is 17.8 Å². The van der Waals surface area contributed by atoms with Crippen LogP contribution in [0.15, 0.2) is 66.2 Å². The number of carbonyl (C=O) groups is 3. The number of aromatic carboxylic acids is 1. The molecule has 0 atom stereocenters. The maximum Gasteiger partial charge on any atom is 0.335 e. The van der Waals surface area contributed by atoms with E-state index in [4.69, 9.17) is 12.2 Å². The number of hydrogen-bond donors (Lipinski definition) is 1. The number of aromatic nitrogens is 1. The molecule has 8 heteroatoms. The van der Waals surface area contributed by atoms with Crippen LogP contribution in [0.1, 0.15) is 40.7 Å². The first-order valence-electron chi connectivity index (χ1n) is 11.2. The van der Waals surface area contributed by atoms with Crippen LogP contribution in [-0.2, 0) is 9.59 Å². The number of carboxylic acids is 1. The van der Waals surface area contributed by atoms with Gasteiger partial charge in [-0.3, -0.25) is 19.4 Å². The third-order valence-corrected chi connectivity index (χ3v) is 6.34. The number of carboxylic acid groups (broad SMARTS) is 1. The average Bonchev–Trinajstić information content (AvgIpc) is 3.13. The van der Waals surface area contributed by atoms with Crippen LogP contribution in [0, 0.1) is 13.8 Å². The van der Waals surface area contributed by atoms with Crippen LogP contribution in [0.2, 0.25) is 0 Å². The zero-order chi connectivity index (χ0) is 25.3. The monoisotopic (exact) mass is 487 g/mol. The Morgan fingerprint density at radius 1 is 0.971 bits per heavy atom. The first-order chi connectivity index (χ1) is 16.7. The Hall–Kier alpha value is -4.04. The van der Waals surface area contributed by atoms with Crippen molar-refractivity contribution in [3.8, 4) is 5.69 Å². The van der Waals surface area contributed by atoms with Gasteiger partial charge in [-0.1, -0.05) is 25.1 Å². The molecule has 2 aromatic carbocycles. The van der Waals surface area contributed by atoms with Crippen molar-refractivity contribution in [3.05, 3.63) is 88.8 Å². The Kier molecular flexibility index (Phi) is 6.66. The van der Waals surface area contributed by atoms with Crippen LogP contribution in [0.5, 0.6) is 0 Å². The molecule has 7 nitrogen and oxygen atoms in total. The van der Waals surface area contributed by atoms with Gasteiger partial charge in [-0.15, -0.1) is 0 Å². The minimum atomic E-state index is -0.991. The summed E-state index contributed by atoms with van der Waals surface area (Å²) in [7, 11) is 0. The second-order valence-corrected chi connectivity index (χ2v) is 8.65. The summed E-state index contributed by atoms with van der Waals surface area (Å²) in [6, 6.07) is 17.5. The first kappa shape index (κ1) is 24.1. The van der Waals surface area contributed by atoms with Gasteiger partial charge < -0.3 is 9.67 Å². The molecule has 1 N–H and O–H groups in total. The molecule has 0 bridgehead atoms. The molecule has 4 rings (SSSR count). The van der Waals surface area contributed by atoms with E-state index in [1.165, 1.54) is 9.80 Å². The molecule has 0 saturated carbocycles. The molecule has 3 aromatic rings. The van der Waals surface area contributed by atoms with Gasteiger partial charge in [0.15, 0.2) is 5.11 Å². The van der Waals surface area contributed by atoms with Gasteiger partial charge in [-0.25, -0.2) is 4.79 Å². The zero-order valence-electron chi connectivity index (χ0n) is 19.7. The van der Waals surface area contributed by atoms with Gasteiger partial charge in [0.1, 0.15) is 5.57 Å². The molecule has 1 saturated heterocycles. The molecule has 2 amide bonds. The van der Waals surface area contributed by atoms with Gasteiger partial charge in [-0.05, 0) is 86.6 Å². The zero-order valence-corrected chi connectivity index (χ0v) is 20.5. The number of benzene rings is 2. The minimum absolute atomic E-state index is 0.0392. The van der Waals surface area contributed by atoms with Crippen molar-refractivity contribution in [3.63, 3.8) is 0 Å². The lowest BCUT2D eigenvalue weighted by atomic mass is 10.1. The minimum Gasteiger partial charge on any atom is -0.478 e. The molecular formula is C27H25N3O4S. The topological polar surface area (TPSA) is 82.9 Å². The molecule has 178 valence electrons. The van der Waals surface area contributed by atoms with Gasteiger partial charge in [0.05, 0.1) is 11.3 Å². The smallest absolute Gasteiger partial charge is 0.335 e. The van der Waals surface area contributed by atoms with E-state index in [2.05, 4.69) is 0 Å². The van der Waals surface area contributed by atoms with Crippen LogP contribution in [0.4, 0.5) is 5.69 Å². The van der Waals surface area contributed by atoms with E-state index >= 15 is 0 Å². The summed E-state index contributed by atoms with van der Waals surface area (Å²) in [5, 5.41) is 9.35. The highest BCUT2D eigenvalue weighted by Crippen LogP contribution is 2.28. The van der Waals surface area contributed by atoms with Crippen LogP contribution in [0.25, 0.3) is 11.8 Å². The molecule has 0 radical (unpaired) electrons. The summed E-state index contributed by atoms with van der Waals surface area (Å²) in [5.74, 6) is -1.87. The number of aryl methyl sites for hydroxylation is 1. The lowest BCUT2D eigenvalue weighted by molar-refractivity contribution is -0.127. The second kappa shape index (κ2) is 9.68. The summed E-state index contributed by atoms with van der Waals surface area (Å²) < 4.78 is 1.96. The fourth-order valence-corrected chi connectivity index (χ4v) is 4.60. The van der Waals surface area contributed by atoms with Crippen LogP contribution >= 0.6 is 12.2 Å². The van der Waals surface area contributed by atoms with Gasteiger partial charge >= 0.3 is 5.97 Å². The van der Waals surface area contributed by atoms with E-state index in [0.29, 0.717) is 18.7 Å². The quantitative estimate of drug-likeness (QED) is 0.308. The van der Waals surface area contributed by atoms with E-state index in [1.54, 1.807) is 42.5 Å². The maximum absolute atomic E-state index is 13.5. The largest absolute Gasteiger partial charge is 0.478 e. The molecule has 0 aliphatic carbocycles. The lowest BCUT2D eigenvalue weighted by Crippen LogP contribution is -2.56. The van der Waals surface area contributed by atoms with Crippen LogP contribution in [0.3, 0.4) is 0 Å². The Morgan fingerprint density at radius 3 is 2.23 bits per heavy atom. The Morgan fingerprint density at radius 2 is 1.63 bits per heavy atom. The van der Waals surface area contributed by atoms with Crippen molar-refractivity contribution >= 4 is 46.9 Å². The standard InChI is InChI=1S/C27H25N3O4S/c1-4-14-28-24(31)23(25(32)30(27(28)35)21-8-6-5-7-9-21)16-20-15-17(2)29(18(20)3)22-12-10-19(11-13-22)26(33)34/h5-13,15-16H,4,14H2,1-3H3,(H,33,34)/b23-16+. The average molecular weight is 488 g/mol. The fourth-order valence-electron chi connectivity index (χ4n) is 4.24. The van der Waals surface area contributed by atoms with Crippen molar-refractivity contribution in [1.82, 2.24) is 9.47 Å². The number of carbonyl (C=O) groups excluding carboxylic acids is 2. The van der Waals surface area contributed by atoms with Gasteiger partial charge in [-0.2, -0.15) is 0 Å². The van der Waals surface area contributed by atoms with Gasteiger partial charge in [0.25, 0.3) is 11.8 Å². The molecule has 2 heterocycles.